The van der Waals surface area contributed by atoms with Crippen LogP contribution in [0.25, 0.3) is 0 Å². The molecule has 1 aliphatic rings. The summed E-state index contributed by atoms with van der Waals surface area (Å²) in [4.78, 5) is 23.1. The summed E-state index contributed by atoms with van der Waals surface area (Å²) in [6, 6.07) is 7.25. The summed E-state index contributed by atoms with van der Waals surface area (Å²) in [5.74, 6) is 0.149. The van der Waals surface area contributed by atoms with E-state index in [0.717, 1.165) is 24.2 Å². The molecule has 1 amide bonds. The predicted molar refractivity (Wildman–Crippen MR) is 79.9 cm³/mol. The molecular formula is C15H19NO3S. The van der Waals surface area contributed by atoms with Gasteiger partial charge in [-0.05, 0) is 42.7 Å². The van der Waals surface area contributed by atoms with E-state index in [-0.39, 0.29) is 18.4 Å². The average molecular weight is 293 g/mol. The Morgan fingerprint density at radius 1 is 1.45 bits per heavy atom. The van der Waals surface area contributed by atoms with Crippen LogP contribution < -0.4 is 5.32 Å². The van der Waals surface area contributed by atoms with Gasteiger partial charge in [0.25, 0.3) is 5.91 Å². The Morgan fingerprint density at radius 2 is 2.20 bits per heavy atom. The van der Waals surface area contributed by atoms with Gasteiger partial charge in [-0.3, -0.25) is 9.59 Å². The molecule has 4 nitrogen and oxygen atoms in total. The molecule has 1 aromatic carbocycles. The number of hydrogen-bond acceptors (Lipinski definition) is 3. The maximum Gasteiger partial charge on any atom is 0.305 e. The summed E-state index contributed by atoms with van der Waals surface area (Å²) >= 11 is 1.70. The Morgan fingerprint density at radius 3 is 2.80 bits per heavy atom. The van der Waals surface area contributed by atoms with E-state index in [1.54, 1.807) is 17.8 Å². The minimum absolute atomic E-state index is 0.000902. The van der Waals surface area contributed by atoms with Gasteiger partial charge in [-0.2, -0.15) is 11.8 Å². The quantitative estimate of drug-likeness (QED) is 0.810. The summed E-state index contributed by atoms with van der Waals surface area (Å²) in [6.07, 6.45) is 4.03. The Hall–Kier alpha value is -1.49. The van der Waals surface area contributed by atoms with Gasteiger partial charge in [-0.1, -0.05) is 12.1 Å². The van der Waals surface area contributed by atoms with Crippen molar-refractivity contribution in [2.45, 2.75) is 31.1 Å². The summed E-state index contributed by atoms with van der Waals surface area (Å²) in [5, 5.41) is 11.8. The van der Waals surface area contributed by atoms with Crippen LogP contribution in [0.3, 0.4) is 0 Å². The number of carbonyl (C=O) groups is 2. The molecule has 2 N–H and O–H groups in total. The third kappa shape index (κ3) is 4.27. The van der Waals surface area contributed by atoms with Crippen molar-refractivity contribution in [3.63, 3.8) is 0 Å². The first-order chi connectivity index (χ1) is 9.60. The minimum atomic E-state index is -0.863. The van der Waals surface area contributed by atoms with Gasteiger partial charge in [0.2, 0.25) is 0 Å². The lowest BCUT2D eigenvalue weighted by Crippen LogP contribution is -2.38. The van der Waals surface area contributed by atoms with Crippen LogP contribution >= 0.6 is 11.8 Å². The largest absolute Gasteiger partial charge is 0.481 e. The molecule has 1 unspecified atom stereocenters. The summed E-state index contributed by atoms with van der Waals surface area (Å²) in [7, 11) is 0. The summed E-state index contributed by atoms with van der Waals surface area (Å²) in [5.41, 5.74) is 1.71. The van der Waals surface area contributed by atoms with Crippen molar-refractivity contribution in [3.8, 4) is 0 Å². The number of amides is 1. The lowest BCUT2D eigenvalue weighted by Gasteiger charge is -2.16. The van der Waals surface area contributed by atoms with Gasteiger partial charge in [0, 0.05) is 17.4 Å². The Balaban J connectivity index is 2.02. The third-order valence-electron chi connectivity index (χ3n) is 3.40. The fourth-order valence-electron chi connectivity index (χ4n) is 2.24. The van der Waals surface area contributed by atoms with Crippen molar-refractivity contribution in [2.75, 3.05) is 6.26 Å². The molecule has 1 saturated carbocycles. The molecule has 1 aliphatic carbocycles. The van der Waals surface area contributed by atoms with Crippen LogP contribution in [0, 0.1) is 5.92 Å². The van der Waals surface area contributed by atoms with Crippen LogP contribution in [-0.4, -0.2) is 29.3 Å². The smallest absolute Gasteiger partial charge is 0.305 e. The fraction of sp³-hybridized carbons (Fsp3) is 0.467. The molecule has 0 heterocycles. The summed E-state index contributed by atoms with van der Waals surface area (Å²) < 4.78 is 0. The fourth-order valence-corrected chi connectivity index (χ4v) is 2.76. The van der Waals surface area contributed by atoms with Crippen molar-refractivity contribution in [1.29, 1.82) is 0 Å². The van der Waals surface area contributed by atoms with Crippen LogP contribution in [-0.2, 0) is 10.5 Å². The van der Waals surface area contributed by atoms with Crippen LogP contribution in [0.1, 0.15) is 35.2 Å². The first kappa shape index (κ1) is 14.9. The number of carbonyl (C=O) groups excluding carboxylic acids is 1. The van der Waals surface area contributed by atoms with E-state index in [1.165, 1.54) is 0 Å². The lowest BCUT2D eigenvalue weighted by atomic mass is 10.1. The molecule has 0 aromatic heterocycles. The van der Waals surface area contributed by atoms with Gasteiger partial charge in [-0.15, -0.1) is 0 Å². The predicted octanol–water partition coefficient (Wildman–Crippen LogP) is 2.53. The second kappa shape index (κ2) is 6.79. The van der Waals surface area contributed by atoms with Gasteiger partial charge >= 0.3 is 5.97 Å². The molecule has 108 valence electrons. The van der Waals surface area contributed by atoms with Gasteiger partial charge < -0.3 is 10.4 Å². The van der Waals surface area contributed by atoms with Gasteiger partial charge in [-0.25, -0.2) is 0 Å². The van der Waals surface area contributed by atoms with Crippen molar-refractivity contribution in [1.82, 2.24) is 5.32 Å². The summed E-state index contributed by atoms with van der Waals surface area (Å²) in [6.45, 7) is 0. The standard InChI is InChI=1S/C15H19NO3S/c1-20-9-10-3-2-4-12(7-10)15(19)16-13(8-14(17)18)11-5-6-11/h2-4,7,11,13H,5-6,8-9H2,1H3,(H,16,19)(H,17,18). The Labute approximate surface area is 123 Å². The normalized spacial score (nSPS) is 15.7. The maximum atomic E-state index is 12.2. The molecule has 0 radical (unpaired) electrons. The number of benzene rings is 1. The number of hydrogen-bond donors (Lipinski definition) is 2. The topological polar surface area (TPSA) is 66.4 Å². The first-order valence-corrected chi connectivity index (χ1v) is 8.10. The molecule has 1 fully saturated rings. The Bertz CT molecular complexity index is 500. The van der Waals surface area contributed by atoms with Crippen molar-refractivity contribution in [2.24, 2.45) is 5.92 Å². The number of nitrogens with one attached hydrogen (secondary N) is 1. The highest BCUT2D eigenvalue weighted by Crippen LogP contribution is 2.34. The van der Waals surface area contributed by atoms with Crippen LogP contribution in [0.2, 0.25) is 0 Å². The zero-order chi connectivity index (χ0) is 14.5. The maximum absolute atomic E-state index is 12.2. The molecule has 1 atom stereocenters. The SMILES string of the molecule is CSCc1cccc(C(=O)NC(CC(=O)O)C2CC2)c1. The van der Waals surface area contributed by atoms with Crippen LogP contribution in [0.15, 0.2) is 24.3 Å². The number of aliphatic carboxylic acids is 1. The average Bonchev–Trinajstić information content (AvgIpc) is 3.22. The molecule has 0 bridgehead atoms. The van der Waals surface area contributed by atoms with E-state index < -0.39 is 5.97 Å². The molecule has 0 aliphatic heterocycles. The van der Waals surface area contributed by atoms with E-state index >= 15 is 0 Å². The number of carboxylic acids is 1. The number of thioether (sulfide) groups is 1. The molecular weight excluding hydrogens is 274 g/mol. The second-order valence-electron chi connectivity index (χ2n) is 5.15. The van der Waals surface area contributed by atoms with E-state index in [4.69, 9.17) is 5.11 Å². The Kier molecular flexibility index (Phi) is 5.06. The number of rotatable bonds is 7. The highest BCUT2D eigenvalue weighted by molar-refractivity contribution is 7.97. The lowest BCUT2D eigenvalue weighted by molar-refractivity contribution is -0.137. The molecule has 0 spiro atoms. The van der Waals surface area contributed by atoms with Crippen molar-refractivity contribution >= 4 is 23.6 Å². The molecule has 5 heteroatoms. The van der Waals surface area contributed by atoms with Crippen LogP contribution in [0.4, 0.5) is 0 Å². The molecule has 0 saturated heterocycles. The van der Waals surface area contributed by atoms with E-state index in [9.17, 15) is 9.59 Å². The van der Waals surface area contributed by atoms with E-state index in [2.05, 4.69) is 5.32 Å². The highest BCUT2D eigenvalue weighted by Gasteiger charge is 2.33. The molecule has 20 heavy (non-hydrogen) atoms. The van der Waals surface area contributed by atoms with Gasteiger partial charge in [0.15, 0.2) is 0 Å². The second-order valence-corrected chi connectivity index (χ2v) is 6.01. The third-order valence-corrected chi connectivity index (χ3v) is 4.02. The van der Waals surface area contributed by atoms with E-state index in [0.29, 0.717) is 11.5 Å². The van der Waals surface area contributed by atoms with E-state index in [1.807, 2.05) is 24.5 Å². The highest BCUT2D eigenvalue weighted by atomic mass is 32.2. The zero-order valence-corrected chi connectivity index (χ0v) is 12.3. The monoisotopic (exact) mass is 293 g/mol. The van der Waals surface area contributed by atoms with Crippen molar-refractivity contribution in [3.05, 3.63) is 35.4 Å². The first-order valence-electron chi connectivity index (χ1n) is 6.70. The van der Waals surface area contributed by atoms with Crippen molar-refractivity contribution < 1.29 is 14.7 Å². The van der Waals surface area contributed by atoms with Crippen LogP contribution in [0.5, 0.6) is 0 Å². The molecule has 1 aromatic rings. The minimum Gasteiger partial charge on any atom is -0.481 e. The molecule has 2 rings (SSSR count). The zero-order valence-electron chi connectivity index (χ0n) is 11.5. The van der Waals surface area contributed by atoms with Gasteiger partial charge in [0.1, 0.15) is 0 Å². The van der Waals surface area contributed by atoms with Gasteiger partial charge in [0.05, 0.1) is 6.42 Å². The number of carboxylic acid groups (broad SMARTS) is 1.